The van der Waals surface area contributed by atoms with E-state index in [0.29, 0.717) is 12.0 Å². The predicted octanol–water partition coefficient (Wildman–Crippen LogP) is 5.18. The van der Waals surface area contributed by atoms with Crippen molar-refractivity contribution in [2.24, 2.45) is 0 Å². The number of nitrogens with zero attached hydrogens (tertiary/aromatic N) is 3. The average molecular weight is 421 g/mol. The Balaban J connectivity index is 1.40. The highest BCUT2D eigenvalue weighted by molar-refractivity contribution is 6.04. The van der Waals surface area contributed by atoms with Crippen LogP contribution < -0.4 is 5.32 Å². The normalized spacial score (nSPS) is 12.4. The summed E-state index contributed by atoms with van der Waals surface area (Å²) in [6.07, 6.45) is 9.10. The van der Waals surface area contributed by atoms with Crippen LogP contribution in [0, 0.1) is 6.92 Å². The maximum atomic E-state index is 13.0. The first-order valence-corrected chi connectivity index (χ1v) is 10.9. The summed E-state index contributed by atoms with van der Waals surface area (Å²) in [5.74, 6) is -0.0961. The van der Waals surface area contributed by atoms with Gasteiger partial charge in [0.1, 0.15) is 6.33 Å². The lowest BCUT2D eigenvalue weighted by molar-refractivity contribution is 0.102. The van der Waals surface area contributed by atoms with E-state index in [9.17, 15) is 4.79 Å². The maximum Gasteiger partial charge on any atom is 0.255 e. The first kappa shape index (κ1) is 20.1. The number of aromatic nitrogens is 3. The van der Waals surface area contributed by atoms with Crippen molar-refractivity contribution in [1.29, 1.82) is 0 Å². The summed E-state index contributed by atoms with van der Waals surface area (Å²) in [4.78, 5) is 26.0. The average Bonchev–Trinajstić information content (AvgIpc) is 3.29. The van der Waals surface area contributed by atoms with Crippen LogP contribution in [0.5, 0.6) is 0 Å². The van der Waals surface area contributed by atoms with Gasteiger partial charge in [-0.2, -0.15) is 0 Å². The van der Waals surface area contributed by atoms with Crippen molar-refractivity contribution in [3.8, 4) is 11.3 Å². The van der Waals surface area contributed by atoms with Gasteiger partial charge >= 0.3 is 0 Å². The fourth-order valence-corrected chi connectivity index (χ4v) is 4.30. The lowest BCUT2D eigenvalue weighted by Crippen LogP contribution is -2.13. The number of aryl methyl sites for hydroxylation is 3. The number of carbonyl (C=O) groups is 1. The molecule has 32 heavy (non-hydrogen) atoms. The molecular formula is C27H24N4O. The Hall–Kier alpha value is -3.86. The van der Waals surface area contributed by atoms with E-state index in [4.69, 9.17) is 0 Å². The van der Waals surface area contributed by atoms with Crippen LogP contribution >= 0.6 is 0 Å². The third-order valence-electron chi connectivity index (χ3n) is 6.07. The van der Waals surface area contributed by atoms with E-state index in [1.807, 2.05) is 42.5 Å². The largest absolute Gasteiger partial charge is 0.322 e. The molecule has 0 unspecified atom stereocenters. The lowest BCUT2D eigenvalue weighted by atomic mass is 9.97. The number of pyridine rings is 1. The van der Waals surface area contributed by atoms with Crippen molar-refractivity contribution in [2.75, 3.05) is 5.32 Å². The fourth-order valence-electron chi connectivity index (χ4n) is 4.30. The summed E-state index contributed by atoms with van der Waals surface area (Å²) in [7, 11) is 0. The Kier molecular flexibility index (Phi) is 5.46. The van der Waals surface area contributed by atoms with Crippen molar-refractivity contribution in [3.63, 3.8) is 0 Å². The van der Waals surface area contributed by atoms with E-state index in [-0.39, 0.29) is 5.91 Å². The zero-order valence-corrected chi connectivity index (χ0v) is 18.0. The van der Waals surface area contributed by atoms with E-state index in [1.165, 1.54) is 17.5 Å². The Morgan fingerprint density at radius 1 is 0.969 bits per heavy atom. The molecule has 5 heteroatoms. The van der Waals surface area contributed by atoms with Crippen LogP contribution in [0.1, 0.15) is 44.7 Å². The maximum absolute atomic E-state index is 13.0. The van der Waals surface area contributed by atoms with Gasteiger partial charge in [-0.1, -0.05) is 12.1 Å². The van der Waals surface area contributed by atoms with E-state index >= 15 is 0 Å². The molecule has 2 aromatic heterocycles. The molecule has 2 heterocycles. The zero-order valence-electron chi connectivity index (χ0n) is 18.0. The molecule has 0 spiro atoms. The van der Waals surface area contributed by atoms with Crippen LogP contribution in [0.15, 0.2) is 73.3 Å². The highest BCUT2D eigenvalue weighted by Gasteiger charge is 2.15. The molecule has 158 valence electrons. The van der Waals surface area contributed by atoms with Gasteiger partial charge in [0.15, 0.2) is 0 Å². The number of amides is 1. The molecule has 0 saturated heterocycles. The molecule has 0 aliphatic heterocycles. The minimum Gasteiger partial charge on any atom is -0.322 e. The first-order valence-electron chi connectivity index (χ1n) is 10.9. The monoisotopic (exact) mass is 420 g/mol. The summed E-state index contributed by atoms with van der Waals surface area (Å²) in [6.45, 7) is 2.06. The molecule has 4 aromatic rings. The quantitative estimate of drug-likeness (QED) is 0.483. The van der Waals surface area contributed by atoms with Gasteiger partial charge in [-0.25, -0.2) is 9.97 Å². The summed E-state index contributed by atoms with van der Waals surface area (Å²) in [6, 6.07) is 17.9. The van der Waals surface area contributed by atoms with E-state index in [0.717, 1.165) is 46.6 Å². The van der Waals surface area contributed by atoms with Crippen LogP contribution in [-0.4, -0.2) is 20.9 Å². The van der Waals surface area contributed by atoms with Crippen molar-refractivity contribution in [2.45, 2.75) is 32.6 Å². The Morgan fingerprint density at radius 2 is 1.88 bits per heavy atom. The second-order valence-electron chi connectivity index (χ2n) is 8.20. The number of fused-ring (bicyclic) bond motifs is 1. The van der Waals surface area contributed by atoms with Gasteiger partial charge < -0.3 is 5.32 Å². The zero-order chi connectivity index (χ0) is 21.9. The number of anilines is 1. The molecule has 0 saturated carbocycles. The predicted molar refractivity (Wildman–Crippen MR) is 126 cm³/mol. The van der Waals surface area contributed by atoms with Crippen LogP contribution in [0.25, 0.3) is 11.3 Å². The number of carbonyl (C=O) groups excluding carboxylic acids is 1. The molecule has 1 aliphatic carbocycles. The molecule has 1 aliphatic rings. The van der Waals surface area contributed by atoms with Crippen molar-refractivity contribution < 1.29 is 4.79 Å². The molecule has 0 radical (unpaired) electrons. The smallest absolute Gasteiger partial charge is 0.255 e. The molecule has 5 rings (SSSR count). The second kappa shape index (κ2) is 8.71. The van der Waals surface area contributed by atoms with Gasteiger partial charge in [0.25, 0.3) is 5.91 Å². The minimum atomic E-state index is -0.0961. The third-order valence-corrected chi connectivity index (χ3v) is 6.07. The number of hydrogen-bond donors (Lipinski definition) is 1. The molecule has 1 amide bonds. The Labute approximate surface area is 187 Å². The summed E-state index contributed by atoms with van der Waals surface area (Å²) in [5, 5.41) is 3.06. The summed E-state index contributed by atoms with van der Waals surface area (Å²) < 4.78 is 0. The van der Waals surface area contributed by atoms with Crippen molar-refractivity contribution in [3.05, 3.63) is 107 Å². The highest BCUT2D eigenvalue weighted by atomic mass is 16.1. The molecule has 1 N–H and O–H groups in total. The SMILES string of the molecule is Cc1ccc(C(=O)Nc2ccc3c(c2)CCC3)cc1Cc1ncccc1-c1ccncn1. The number of nitrogens with one attached hydrogen (secondary N) is 1. The molecule has 0 bridgehead atoms. The van der Waals surface area contributed by atoms with Crippen molar-refractivity contribution >= 4 is 11.6 Å². The van der Waals surface area contributed by atoms with Crippen LogP contribution in [-0.2, 0) is 19.3 Å². The van der Waals surface area contributed by atoms with E-state index in [2.05, 4.69) is 39.3 Å². The van der Waals surface area contributed by atoms with E-state index < -0.39 is 0 Å². The Morgan fingerprint density at radius 3 is 2.75 bits per heavy atom. The van der Waals surface area contributed by atoms with Crippen LogP contribution in [0.2, 0.25) is 0 Å². The van der Waals surface area contributed by atoms with Gasteiger partial charge in [0, 0.05) is 35.6 Å². The molecular weight excluding hydrogens is 396 g/mol. The third kappa shape index (κ3) is 4.14. The van der Waals surface area contributed by atoms with Gasteiger partial charge in [-0.15, -0.1) is 0 Å². The highest BCUT2D eigenvalue weighted by Crippen LogP contribution is 2.26. The number of benzene rings is 2. The summed E-state index contributed by atoms with van der Waals surface area (Å²) in [5.41, 5.74) is 9.17. The second-order valence-corrected chi connectivity index (χ2v) is 8.20. The first-order chi connectivity index (χ1) is 15.7. The van der Waals surface area contributed by atoms with Gasteiger partial charge in [-0.05, 0) is 90.9 Å². The lowest BCUT2D eigenvalue weighted by Gasteiger charge is -2.12. The van der Waals surface area contributed by atoms with Gasteiger partial charge in [0.05, 0.1) is 11.4 Å². The van der Waals surface area contributed by atoms with Gasteiger partial charge in [0.2, 0.25) is 0 Å². The van der Waals surface area contributed by atoms with Gasteiger partial charge in [-0.3, -0.25) is 9.78 Å². The molecule has 0 atom stereocenters. The standard InChI is InChI=1S/C27H24N4O/c1-18-7-8-21(27(32)31-23-10-9-19-4-2-5-20(19)15-23)14-22(18)16-26-24(6-3-12-29-26)25-11-13-28-17-30-25/h3,6-15,17H,2,4-5,16H2,1H3,(H,31,32). The topological polar surface area (TPSA) is 67.8 Å². The molecule has 5 nitrogen and oxygen atoms in total. The van der Waals surface area contributed by atoms with Crippen molar-refractivity contribution in [1.82, 2.24) is 15.0 Å². The molecule has 2 aromatic carbocycles. The Bertz CT molecular complexity index is 1280. The number of hydrogen-bond acceptors (Lipinski definition) is 4. The van der Waals surface area contributed by atoms with Crippen LogP contribution in [0.3, 0.4) is 0 Å². The van der Waals surface area contributed by atoms with E-state index in [1.54, 1.807) is 18.7 Å². The minimum absolute atomic E-state index is 0.0961. The fraction of sp³-hybridized carbons (Fsp3) is 0.185. The molecule has 0 fully saturated rings. The summed E-state index contributed by atoms with van der Waals surface area (Å²) >= 11 is 0. The van der Waals surface area contributed by atoms with Crippen LogP contribution in [0.4, 0.5) is 5.69 Å². The number of rotatable bonds is 5.